The third kappa shape index (κ3) is 8.14. The Hall–Kier alpha value is -4.88. The van der Waals surface area contributed by atoms with Gasteiger partial charge in [0.25, 0.3) is 0 Å². The number of ether oxygens (including phenoxy) is 5. The van der Waals surface area contributed by atoms with Gasteiger partial charge in [0, 0.05) is 36.5 Å². The summed E-state index contributed by atoms with van der Waals surface area (Å²) < 4.78 is 31.1. The van der Waals surface area contributed by atoms with E-state index in [1.165, 1.54) is 6.92 Å². The third-order valence-electron chi connectivity index (χ3n) is 13.5. The van der Waals surface area contributed by atoms with E-state index in [4.69, 9.17) is 23.7 Å². The Balaban J connectivity index is 1.33. The van der Waals surface area contributed by atoms with Crippen molar-refractivity contribution in [2.75, 3.05) is 20.2 Å². The summed E-state index contributed by atoms with van der Waals surface area (Å²) in [5.74, 6) is -4.58. The molecule has 5 unspecified atom stereocenters. The molecule has 1 saturated heterocycles. The zero-order valence-corrected chi connectivity index (χ0v) is 35.8. The van der Waals surface area contributed by atoms with E-state index in [0.717, 1.165) is 0 Å². The summed E-state index contributed by atoms with van der Waals surface area (Å²) in [6, 6.07) is 16.3. The molecule has 2 aromatic rings. The first-order valence-electron chi connectivity index (χ1n) is 21.1. The van der Waals surface area contributed by atoms with Crippen LogP contribution in [0.15, 0.2) is 71.8 Å². The Morgan fingerprint density at radius 1 is 0.933 bits per heavy atom. The van der Waals surface area contributed by atoms with Crippen LogP contribution in [-0.4, -0.2) is 86.3 Å². The van der Waals surface area contributed by atoms with Gasteiger partial charge in [-0.3, -0.25) is 19.2 Å². The van der Waals surface area contributed by atoms with Crippen LogP contribution in [0.3, 0.4) is 0 Å². The van der Waals surface area contributed by atoms with Gasteiger partial charge in [0.05, 0.1) is 24.8 Å². The Morgan fingerprint density at radius 2 is 1.60 bits per heavy atom. The molecule has 1 aliphatic heterocycles. The molecule has 1 amide bonds. The maximum Gasteiger partial charge on any atom is 0.350 e. The summed E-state index contributed by atoms with van der Waals surface area (Å²) in [7, 11) is 1.57. The van der Waals surface area contributed by atoms with Crippen molar-refractivity contribution in [3.8, 4) is 0 Å². The number of likely N-dealkylation sites (N-methyl/N-ethyl adjacent to an activating group) is 1. The van der Waals surface area contributed by atoms with E-state index >= 15 is 4.79 Å². The Labute approximate surface area is 351 Å². The highest BCUT2D eigenvalue weighted by atomic mass is 16.6. The second-order valence-electron chi connectivity index (χ2n) is 19.0. The van der Waals surface area contributed by atoms with E-state index in [2.05, 4.69) is 10.6 Å². The Kier molecular flexibility index (Phi) is 11.9. The van der Waals surface area contributed by atoms with Crippen LogP contribution in [0.2, 0.25) is 0 Å². The molecule has 13 nitrogen and oxygen atoms in total. The predicted octanol–water partition coefficient (Wildman–Crippen LogP) is 5.47. The summed E-state index contributed by atoms with van der Waals surface area (Å²) in [6.07, 6.45) is -3.34. The highest BCUT2D eigenvalue weighted by Gasteiger charge is 2.76. The lowest BCUT2D eigenvalue weighted by molar-refractivity contribution is -0.213. The quantitative estimate of drug-likeness (QED) is 0.157. The minimum Gasteiger partial charge on any atom is -0.458 e. The minimum absolute atomic E-state index is 0.0412. The van der Waals surface area contributed by atoms with E-state index in [-0.39, 0.29) is 49.0 Å². The number of amides is 1. The number of carbonyl (C=O) groups is 6. The fraction of sp³-hybridized carbons (Fsp3) is 0.574. The van der Waals surface area contributed by atoms with Crippen molar-refractivity contribution in [2.45, 2.75) is 111 Å². The van der Waals surface area contributed by atoms with Crippen molar-refractivity contribution < 1.29 is 52.5 Å². The normalized spacial score (nSPS) is 30.9. The van der Waals surface area contributed by atoms with Crippen molar-refractivity contribution in [1.29, 1.82) is 0 Å². The van der Waals surface area contributed by atoms with Gasteiger partial charge in [-0.15, -0.1) is 0 Å². The SMILES string of the molecule is CNCC(=O)O[C@@H](C(=O)O[C@H]1CC2C(OC(=O)c3ccccc3)C3[C@@H]4CO[C@@H]4C[C@@H]4CC34C(=O)[C@H](OC(C)=O)C(=C1C)C2(C)C)C(NC(=O)CC(C)(C)C)c1ccccc1. The zero-order chi connectivity index (χ0) is 43.3. The molecule has 2 N–H and O–H groups in total. The van der Waals surface area contributed by atoms with Crippen LogP contribution in [0.25, 0.3) is 0 Å². The van der Waals surface area contributed by atoms with Crippen LogP contribution in [0.1, 0.15) is 96.1 Å². The van der Waals surface area contributed by atoms with Gasteiger partial charge >= 0.3 is 23.9 Å². The number of benzene rings is 2. The predicted molar refractivity (Wildman–Crippen MR) is 218 cm³/mol. The fourth-order valence-electron chi connectivity index (χ4n) is 10.8. The number of hydrogen-bond donors (Lipinski definition) is 2. The number of nitrogens with one attached hydrogen (secondary N) is 2. The van der Waals surface area contributed by atoms with Gasteiger partial charge in [-0.05, 0) is 78.8 Å². The van der Waals surface area contributed by atoms with Gasteiger partial charge in [0.2, 0.25) is 12.0 Å². The van der Waals surface area contributed by atoms with E-state index in [1.807, 2.05) is 40.7 Å². The number of ketones is 1. The van der Waals surface area contributed by atoms with Crippen molar-refractivity contribution >= 4 is 35.6 Å². The molecular weight excluding hydrogens is 769 g/mol. The minimum atomic E-state index is -1.63. The summed E-state index contributed by atoms with van der Waals surface area (Å²) in [6.45, 7) is 12.9. The van der Waals surface area contributed by atoms with Crippen molar-refractivity contribution in [2.24, 2.45) is 39.9 Å². The van der Waals surface area contributed by atoms with Crippen molar-refractivity contribution in [1.82, 2.24) is 10.6 Å². The average Bonchev–Trinajstić information content (AvgIpc) is 3.91. The Bertz CT molecular complexity index is 2040. The summed E-state index contributed by atoms with van der Waals surface area (Å²) in [4.78, 5) is 83.9. The largest absolute Gasteiger partial charge is 0.458 e. The molecule has 0 aromatic heterocycles. The molecule has 60 heavy (non-hydrogen) atoms. The molecule has 4 aliphatic carbocycles. The van der Waals surface area contributed by atoms with E-state index in [1.54, 1.807) is 68.6 Å². The van der Waals surface area contributed by atoms with E-state index in [0.29, 0.717) is 41.7 Å². The van der Waals surface area contributed by atoms with Crippen LogP contribution >= 0.6 is 0 Å². The van der Waals surface area contributed by atoms with Gasteiger partial charge in [-0.2, -0.15) is 0 Å². The Morgan fingerprint density at radius 3 is 2.20 bits per heavy atom. The van der Waals surface area contributed by atoms with Crippen molar-refractivity contribution in [3.63, 3.8) is 0 Å². The number of Topliss-reactive ketones (excluding diaryl/α,β-unsaturated/α-hetero) is 1. The van der Waals surface area contributed by atoms with Gasteiger partial charge in [-0.1, -0.05) is 83.1 Å². The third-order valence-corrected chi connectivity index (χ3v) is 13.5. The van der Waals surface area contributed by atoms with Gasteiger partial charge < -0.3 is 34.3 Å². The lowest BCUT2D eigenvalue weighted by Gasteiger charge is -2.58. The summed E-state index contributed by atoms with van der Waals surface area (Å²) in [5.41, 5.74) is -0.342. The maximum atomic E-state index is 15.3. The molecular formula is C47H58N2O11. The molecule has 7 rings (SSSR count). The van der Waals surface area contributed by atoms with E-state index < -0.39 is 82.4 Å². The smallest absolute Gasteiger partial charge is 0.350 e. The molecule has 13 heteroatoms. The van der Waals surface area contributed by atoms with Gasteiger partial charge in [0.1, 0.15) is 18.2 Å². The average molecular weight is 827 g/mol. The van der Waals surface area contributed by atoms with Crippen LogP contribution in [0.5, 0.6) is 0 Å². The first kappa shape index (κ1) is 43.2. The monoisotopic (exact) mass is 826 g/mol. The molecule has 322 valence electrons. The maximum absolute atomic E-state index is 15.3. The lowest BCUT2D eigenvalue weighted by Crippen LogP contribution is -2.64. The highest BCUT2D eigenvalue weighted by molar-refractivity contribution is 5.97. The van der Waals surface area contributed by atoms with E-state index in [9.17, 15) is 24.0 Å². The first-order chi connectivity index (χ1) is 28.4. The van der Waals surface area contributed by atoms with Crippen LogP contribution in [-0.2, 0) is 47.7 Å². The number of carbonyl (C=O) groups excluding carboxylic acids is 6. The fourth-order valence-corrected chi connectivity index (χ4v) is 10.8. The zero-order valence-electron chi connectivity index (χ0n) is 35.8. The molecule has 0 radical (unpaired) electrons. The molecule has 5 aliphatic rings. The standard InChI is InChI=1S/C47H58N2O11/c1-25-32(58-44(55)41(59-35(52)23-48-8)38(27-15-11-9-12-16-27)49-34(51)22-45(3,4)5)20-31-39(60-43(54)28-17-13-10-14-18-28)37-30-24-56-33(30)19-29-21-47(29,37)42(53)40(57-26(2)50)36(25)46(31,6)7/h9-18,29-33,37-41,48H,19-24H2,1-8H3,(H,49,51)/t29-,30-,31?,32+,33-,37?,38?,39?,40-,41-,47?/m1/s1. The number of esters is 4. The molecule has 11 atom stereocenters. The second kappa shape index (κ2) is 16.5. The number of hydrogen-bond acceptors (Lipinski definition) is 12. The summed E-state index contributed by atoms with van der Waals surface area (Å²) in [5, 5.41) is 5.70. The molecule has 1 heterocycles. The molecule has 4 fully saturated rings. The van der Waals surface area contributed by atoms with Crippen LogP contribution in [0, 0.1) is 39.9 Å². The van der Waals surface area contributed by atoms with Gasteiger partial charge in [0.15, 0.2) is 11.9 Å². The van der Waals surface area contributed by atoms with Crippen molar-refractivity contribution in [3.05, 3.63) is 82.9 Å². The molecule has 1 spiro atoms. The van der Waals surface area contributed by atoms with Crippen LogP contribution < -0.4 is 10.6 Å². The lowest BCUT2D eigenvalue weighted by atomic mass is 9.51. The topological polar surface area (TPSA) is 173 Å². The molecule has 2 aromatic carbocycles. The first-order valence-corrected chi connectivity index (χ1v) is 21.1. The molecule has 2 bridgehead atoms. The number of rotatable bonds is 12. The second-order valence-corrected chi connectivity index (χ2v) is 19.0. The summed E-state index contributed by atoms with van der Waals surface area (Å²) >= 11 is 0. The highest BCUT2D eigenvalue weighted by Crippen LogP contribution is 2.72. The van der Waals surface area contributed by atoms with Crippen LogP contribution in [0.4, 0.5) is 0 Å². The van der Waals surface area contributed by atoms with Gasteiger partial charge in [-0.25, -0.2) is 9.59 Å². The molecule has 3 saturated carbocycles. The number of fused-ring (bicyclic) bond motifs is 4.